The summed E-state index contributed by atoms with van der Waals surface area (Å²) in [5.74, 6) is -0.328. The van der Waals surface area contributed by atoms with Crippen molar-refractivity contribution >= 4 is 50.0 Å². The van der Waals surface area contributed by atoms with Gasteiger partial charge >= 0.3 is 0 Å². The highest BCUT2D eigenvalue weighted by molar-refractivity contribution is 9.10. The summed E-state index contributed by atoms with van der Waals surface area (Å²) in [6.07, 6.45) is 3.15. The number of rotatable bonds is 2. The summed E-state index contributed by atoms with van der Waals surface area (Å²) in [5, 5.41) is 3.88. The van der Waals surface area contributed by atoms with E-state index < -0.39 is 0 Å². The maximum atomic E-state index is 12.2. The van der Waals surface area contributed by atoms with Gasteiger partial charge in [0, 0.05) is 16.1 Å². The predicted octanol–water partition coefficient (Wildman–Crippen LogP) is 4.30. The van der Waals surface area contributed by atoms with Gasteiger partial charge < -0.3 is 5.32 Å². The number of carbonyl (C=O) groups excluding carboxylic acids is 1. The Bertz CT molecular complexity index is 838. The van der Waals surface area contributed by atoms with Crippen LogP contribution in [0.15, 0.2) is 53.3 Å². The Morgan fingerprint density at radius 2 is 1.95 bits per heavy atom. The molecular formula is C15H9BrClN3O. The Kier molecular flexibility index (Phi) is 3.86. The Morgan fingerprint density at radius 1 is 1.14 bits per heavy atom. The zero-order chi connectivity index (χ0) is 14.8. The molecule has 0 aliphatic rings. The van der Waals surface area contributed by atoms with Gasteiger partial charge in [0.2, 0.25) is 0 Å². The lowest BCUT2D eigenvalue weighted by Gasteiger charge is -2.07. The third-order valence-corrected chi connectivity index (χ3v) is 3.63. The van der Waals surface area contributed by atoms with Crippen molar-refractivity contribution < 1.29 is 4.79 Å². The van der Waals surface area contributed by atoms with E-state index in [0.717, 1.165) is 10.9 Å². The first-order chi connectivity index (χ1) is 10.1. The minimum absolute atomic E-state index is 0.157. The second-order valence-electron chi connectivity index (χ2n) is 4.36. The summed E-state index contributed by atoms with van der Waals surface area (Å²) >= 11 is 9.21. The van der Waals surface area contributed by atoms with Crippen LogP contribution in [0.25, 0.3) is 10.9 Å². The molecule has 6 heteroatoms. The third-order valence-electron chi connectivity index (χ3n) is 2.90. The standard InChI is InChI=1S/C15H9BrClN3O/c16-10-6-12(14(17)19-7-10)15(21)20-11-5-9-3-1-2-4-13(9)18-8-11/h1-8H,(H,20,21). The molecule has 2 heterocycles. The summed E-state index contributed by atoms with van der Waals surface area (Å²) < 4.78 is 0.689. The largest absolute Gasteiger partial charge is 0.320 e. The Hall–Kier alpha value is -1.98. The van der Waals surface area contributed by atoms with Crippen LogP contribution in [-0.2, 0) is 0 Å². The van der Waals surface area contributed by atoms with Gasteiger partial charge in [-0.05, 0) is 34.1 Å². The molecule has 0 aliphatic carbocycles. The Morgan fingerprint density at radius 3 is 2.81 bits per heavy atom. The van der Waals surface area contributed by atoms with Crippen LogP contribution in [0.5, 0.6) is 0 Å². The van der Waals surface area contributed by atoms with Gasteiger partial charge in [0.05, 0.1) is 23.0 Å². The summed E-state index contributed by atoms with van der Waals surface area (Å²) in [6.45, 7) is 0. The molecule has 0 unspecified atom stereocenters. The van der Waals surface area contributed by atoms with Crippen LogP contribution in [-0.4, -0.2) is 15.9 Å². The fourth-order valence-corrected chi connectivity index (χ4v) is 2.44. The van der Waals surface area contributed by atoms with E-state index in [1.54, 1.807) is 12.3 Å². The average molecular weight is 363 g/mol. The number of amides is 1. The van der Waals surface area contributed by atoms with Crippen molar-refractivity contribution in [2.24, 2.45) is 0 Å². The predicted molar refractivity (Wildman–Crippen MR) is 86.6 cm³/mol. The molecular weight excluding hydrogens is 354 g/mol. The zero-order valence-electron chi connectivity index (χ0n) is 10.7. The summed E-state index contributed by atoms with van der Waals surface area (Å²) in [6, 6.07) is 11.2. The van der Waals surface area contributed by atoms with Crippen molar-refractivity contribution in [2.45, 2.75) is 0 Å². The van der Waals surface area contributed by atoms with E-state index in [9.17, 15) is 4.79 Å². The van der Waals surface area contributed by atoms with Crippen molar-refractivity contribution in [3.05, 3.63) is 64.0 Å². The molecule has 3 aromatic rings. The van der Waals surface area contributed by atoms with Crippen LogP contribution in [0.3, 0.4) is 0 Å². The molecule has 0 atom stereocenters. The molecule has 0 fully saturated rings. The van der Waals surface area contributed by atoms with Crippen LogP contribution in [0, 0.1) is 0 Å². The smallest absolute Gasteiger partial charge is 0.258 e. The van der Waals surface area contributed by atoms with Crippen LogP contribution in [0.2, 0.25) is 5.15 Å². The van der Waals surface area contributed by atoms with Gasteiger partial charge in [0.1, 0.15) is 5.15 Å². The normalized spacial score (nSPS) is 10.6. The highest BCUT2D eigenvalue weighted by Gasteiger charge is 2.12. The van der Waals surface area contributed by atoms with Crippen molar-refractivity contribution in [1.29, 1.82) is 0 Å². The monoisotopic (exact) mass is 361 g/mol. The number of pyridine rings is 2. The summed E-state index contributed by atoms with van der Waals surface area (Å²) in [4.78, 5) is 20.5. The number of nitrogens with zero attached hydrogens (tertiary/aromatic N) is 2. The van der Waals surface area contributed by atoms with Gasteiger partial charge in [0.15, 0.2) is 0 Å². The highest BCUT2D eigenvalue weighted by atomic mass is 79.9. The van der Waals surface area contributed by atoms with Crippen molar-refractivity contribution in [3.8, 4) is 0 Å². The molecule has 1 amide bonds. The first kappa shape index (κ1) is 14.0. The first-order valence-corrected chi connectivity index (χ1v) is 7.28. The van der Waals surface area contributed by atoms with E-state index in [2.05, 4.69) is 31.2 Å². The van der Waals surface area contributed by atoms with Crippen LogP contribution >= 0.6 is 27.5 Å². The minimum atomic E-state index is -0.328. The fraction of sp³-hybridized carbons (Fsp3) is 0. The van der Waals surface area contributed by atoms with Crippen molar-refractivity contribution in [2.75, 3.05) is 5.32 Å². The number of carbonyl (C=O) groups is 1. The lowest BCUT2D eigenvalue weighted by molar-refractivity contribution is 0.102. The quantitative estimate of drug-likeness (QED) is 0.692. The highest BCUT2D eigenvalue weighted by Crippen LogP contribution is 2.21. The second kappa shape index (κ2) is 5.79. The van der Waals surface area contributed by atoms with E-state index in [0.29, 0.717) is 15.7 Å². The molecule has 21 heavy (non-hydrogen) atoms. The first-order valence-electron chi connectivity index (χ1n) is 6.11. The Balaban J connectivity index is 1.90. The number of benzene rings is 1. The molecule has 3 rings (SSSR count). The number of hydrogen-bond acceptors (Lipinski definition) is 3. The van der Waals surface area contributed by atoms with Gasteiger partial charge in [-0.1, -0.05) is 29.8 Å². The lowest BCUT2D eigenvalue weighted by Crippen LogP contribution is -2.13. The molecule has 0 aliphatic heterocycles. The maximum absolute atomic E-state index is 12.2. The number of para-hydroxylation sites is 1. The van der Waals surface area contributed by atoms with Gasteiger partial charge in [-0.2, -0.15) is 0 Å². The number of anilines is 1. The molecule has 104 valence electrons. The number of halogens is 2. The molecule has 0 saturated carbocycles. The van der Waals surface area contributed by atoms with Gasteiger partial charge in [0.25, 0.3) is 5.91 Å². The Labute approximate surface area is 134 Å². The molecule has 1 aromatic carbocycles. The number of hydrogen-bond donors (Lipinski definition) is 1. The van der Waals surface area contributed by atoms with Crippen molar-refractivity contribution in [3.63, 3.8) is 0 Å². The number of aromatic nitrogens is 2. The summed E-state index contributed by atoms with van der Waals surface area (Å²) in [5.41, 5.74) is 1.78. The van der Waals surface area contributed by atoms with E-state index in [1.165, 1.54) is 6.20 Å². The number of nitrogens with one attached hydrogen (secondary N) is 1. The topological polar surface area (TPSA) is 54.9 Å². The van der Waals surface area contributed by atoms with Crippen LogP contribution in [0.1, 0.15) is 10.4 Å². The average Bonchev–Trinajstić information content (AvgIpc) is 2.49. The zero-order valence-corrected chi connectivity index (χ0v) is 13.0. The molecule has 0 bridgehead atoms. The molecule has 0 saturated heterocycles. The molecule has 0 radical (unpaired) electrons. The van der Waals surface area contributed by atoms with Gasteiger partial charge in [-0.15, -0.1) is 0 Å². The van der Waals surface area contributed by atoms with Gasteiger partial charge in [-0.3, -0.25) is 9.78 Å². The van der Waals surface area contributed by atoms with E-state index >= 15 is 0 Å². The SMILES string of the molecule is O=C(Nc1cnc2ccccc2c1)c1cc(Br)cnc1Cl. The summed E-state index contributed by atoms with van der Waals surface area (Å²) in [7, 11) is 0. The fourth-order valence-electron chi connectivity index (χ4n) is 1.92. The van der Waals surface area contributed by atoms with E-state index in [4.69, 9.17) is 11.6 Å². The van der Waals surface area contributed by atoms with Gasteiger partial charge in [-0.25, -0.2) is 4.98 Å². The second-order valence-corrected chi connectivity index (χ2v) is 5.64. The molecule has 4 nitrogen and oxygen atoms in total. The molecule has 0 spiro atoms. The van der Waals surface area contributed by atoms with E-state index in [-0.39, 0.29) is 11.1 Å². The lowest BCUT2D eigenvalue weighted by atomic mass is 10.2. The molecule has 2 aromatic heterocycles. The van der Waals surface area contributed by atoms with Crippen LogP contribution < -0.4 is 5.32 Å². The van der Waals surface area contributed by atoms with E-state index in [1.807, 2.05) is 30.3 Å². The molecule has 1 N–H and O–H groups in total. The minimum Gasteiger partial charge on any atom is -0.320 e. The maximum Gasteiger partial charge on any atom is 0.258 e. The third kappa shape index (κ3) is 3.04. The van der Waals surface area contributed by atoms with Crippen molar-refractivity contribution in [1.82, 2.24) is 9.97 Å². The number of fused-ring (bicyclic) bond motifs is 1. The van der Waals surface area contributed by atoms with Crippen LogP contribution in [0.4, 0.5) is 5.69 Å².